The third-order valence-electron chi connectivity index (χ3n) is 4.86. The number of methoxy groups -OCH3 is 2. The summed E-state index contributed by atoms with van der Waals surface area (Å²) in [4.78, 5) is 36.9. The van der Waals surface area contributed by atoms with E-state index in [1.54, 1.807) is 55.6 Å². The number of rotatable bonds is 10. The molecule has 0 aromatic heterocycles. The lowest BCUT2D eigenvalue weighted by atomic mass is 10.2. The van der Waals surface area contributed by atoms with Crippen LogP contribution in [0.5, 0.6) is 23.0 Å². The minimum atomic E-state index is -0.524. The Labute approximate surface area is 208 Å². The maximum Gasteiger partial charge on any atom is 0.269 e. The fourth-order valence-electron chi connectivity index (χ4n) is 3.09. The second-order valence-corrected chi connectivity index (χ2v) is 7.30. The number of benzene rings is 3. The molecule has 0 fully saturated rings. The number of hydrogen-bond acceptors (Lipinski definition) is 7. The summed E-state index contributed by atoms with van der Waals surface area (Å²) in [6, 6.07) is 17.8. The summed E-state index contributed by atoms with van der Waals surface area (Å²) in [7, 11) is 3.02. The maximum absolute atomic E-state index is 12.4. The van der Waals surface area contributed by atoms with E-state index in [1.165, 1.54) is 25.3 Å². The summed E-state index contributed by atoms with van der Waals surface area (Å²) in [5.74, 6) is 0.550. The van der Waals surface area contributed by atoms with Gasteiger partial charge in [0.1, 0.15) is 11.5 Å². The van der Waals surface area contributed by atoms with Crippen LogP contribution in [0.15, 0.2) is 66.7 Å². The van der Waals surface area contributed by atoms with Gasteiger partial charge >= 0.3 is 0 Å². The van der Waals surface area contributed by atoms with Crippen LogP contribution in [0.4, 0.5) is 5.69 Å². The summed E-state index contributed by atoms with van der Waals surface area (Å²) >= 11 is 0. The van der Waals surface area contributed by atoms with Gasteiger partial charge in [-0.2, -0.15) is 0 Å². The van der Waals surface area contributed by atoms with Crippen LogP contribution in [0.1, 0.15) is 27.6 Å². The summed E-state index contributed by atoms with van der Waals surface area (Å²) in [5, 5.41) is 2.71. The van der Waals surface area contributed by atoms with Gasteiger partial charge in [0, 0.05) is 22.9 Å². The lowest BCUT2D eigenvalue weighted by molar-refractivity contribution is -0.118. The van der Waals surface area contributed by atoms with Crippen molar-refractivity contribution in [1.82, 2.24) is 10.9 Å². The van der Waals surface area contributed by atoms with E-state index in [9.17, 15) is 14.4 Å². The largest absolute Gasteiger partial charge is 0.497 e. The zero-order chi connectivity index (χ0) is 25.9. The molecule has 0 aliphatic heterocycles. The molecular formula is C26H27N3O7. The molecular weight excluding hydrogens is 466 g/mol. The van der Waals surface area contributed by atoms with Crippen LogP contribution in [-0.4, -0.2) is 45.2 Å². The number of carbonyl (C=O) groups is 3. The van der Waals surface area contributed by atoms with Crippen molar-refractivity contribution in [2.45, 2.75) is 6.92 Å². The molecule has 0 unspecified atom stereocenters. The van der Waals surface area contributed by atoms with Crippen molar-refractivity contribution in [3.63, 3.8) is 0 Å². The third kappa shape index (κ3) is 7.13. The van der Waals surface area contributed by atoms with Crippen LogP contribution >= 0.6 is 0 Å². The Kier molecular flexibility index (Phi) is 9.10. The molecule has 0 saturated carbocycles. The standard InChI is InChI=1S/C26H27N3O7/c1-4-35-22-13-10-18(14-23(22)34-3)26(32)29-28-25(31)17-8-11-20(12-9-17)36-16-24(30)27-19-6-5-7-21(15-19)33-2/h5-15H,4,16H2,1-3H3,(H,27,30)(H,28,31)(H,29,32). The van der Waals surface area contributed by atoms with Gasteiger partial charge in [0.05, 0.1) is 20.8 Å². The average Bonchev–Trinajstić information content (AvgIpc) is 2.91. The van der Waals surface area contributed by atoms with Crippen molar-refractivity contribution in [2.75, 3.05) is 32.8 Å². The number of nitrogens with one attached hydrogen (secondary N) is 3. The Morgan fingerprint density at radius 2 is 1.42 bits per heavy atom. The van der Waals surface area contributed by atoms with Crippen LogP contribution in [0.25, 0.3) is 0 Å². The van der Waals surface area contributed by atoms with Crippen molar-refractivity contribution in [3.8, 4) is 23.0 Å². The van der Waals surface area contributed by atoms with Crippen LogP contribution in [-0.2, 0) is 4.79 Å². The summed E-state index contributed by atoms with van der Waals surface area (Å²) in [6.45, 7) is 2.08. The molecule has 3 N–H and O–H groups in total. The van der Waals surface area contributed by atoms with Crippen molar-refractivity contribution < 1.29 is 33.3 Å². The maximum atomic E-state index is 12.4. The van der Waals surface area contributed by atoms with Gasteiger partial charge in [0.15, 0.2) is 18.1 Å². The van der Waals surface area contributed by atoms with E-state index in [1.807, 2.05) is 6.92 Å². The van der Waals surface area contributed by atoms with E-state index in [-0.39, 0.29) is 23.6 Å². The molecule has 0 spiro atoms. The normalized spacial score (nSPS) is 10.1. The second kappa shape index (κ2) is 12.7. The van der Waals surface area contributed by atoms with Gasteiger partial charge in [-0.25, -0.2) is 0 Å². The lowest BCUT2D eigenvalue weighted by Crippen LogP contribution is -2.41. The molecule has 0 aliphatic rings. The molecule has 10 nitrogen and oxygen atoms in total. The highest BCUT2D eigenvalue weighted by Crippen LogP contribution is 2.28. The van der Waals surface area contributed by atoms with Gasteiger partial charge in [-0.15, -0.1) is 0 Å². The van der Waals surface area contributed by atoms with Gasteiger partial charge in [0.2, 0.25) is 0 Å². The van der Waals surface area contributed by atoms with E-state index in [4.69, 9.17) is 18.9 Å². The minimum Gasteiger partial charge on any atom is -0.497 e. The predicted molar refractivity (Wildman–Crippen MR) is 133 cm³/mol. The Bertz CT molecular complexity index is 1210. The smallest absolute Gasteiger partial charge is 0.269 e. The van der Waals surface area contributed by atoms with Crippen LogP contribution < -0.4 is 35.1 Å². The average molecular weight is 494 g/mol. The quantitative estimate of drug-likeness (QED) is 0.371. The van der Waals surface area contributed by atoms with Crippen molar-refractivity contribution in [3.05, 3.63) is 77.9 Å². The summed E-state index contributed by atoms with van der Waals surface area (Å²) < 4.78 is 21.3. The number of amides is 3. The molecule has 3 aromatic carbocycles. The summed E-state index contributed by atoms with van der Waals surface area (Å²) in [5.41, 5.74) is 5.87. The number of anilines is 1. The molecule has 0 bridgehead atoms. The molecule has 3 rings (SSSR count). The molecule has 0 heterocycles. The first-order valence-corrected chi connectivity index (χ1v) is 11.0. The second-order valence-electron chi connectivity index (χ2n) is 7.30. The minimum absolute atomic E-state index is 0.218. The molecule has 0 saturated heterocycles. The van der Waals surface area contributed by atoms with Crippen LogP contribution in [0, 0.1) is 0 Å². The van der Waals surface area contributed by atoms with Gasteiger partial charge in [-0.1, -0.05) is 6.07 Å². The van der Waals surface area contributed by atoms with Crippen LogP contribution in [0.3, 0.4) is 0 Å². The topological polar surface area (TPSA) is 124 Å². The van der Waals surface area contributed by atoms with Crippen LogP contribution in [0.2, 0.25) is 0 Å². The molecule has 3 amide bonds. The fraction of sp³-hybridized carbons (Fsp3) is 0.192. The van der Waals surface area contributed by atoms with Crippen molar-refractivity contribution in [1.29, 1.82) is 0 Å². The molecule has 0 aliphatic carbocycles. The SMILES string of the molecule is CCOc1ccc(C(=O)NNC(=O)c2ccc(OCC(=O)Nc3cccc(OC)c3)cc2)cc1OC. The Morgan fingerprint density at radius 3 is 2.08 bits per heavy atom. The monoisotopic (exact) mass is 493 g/mol. The molecule has 0 atom stereocenters. The number of hydrazine groups is 1. The first-order valence-electron chi connectivity index (χ1n) is 11.0. The molecule has 188 valence electrons. The highest BCUT2D eigenvalue weighted by atomic mass is 16.5. The highest BCUT2D eigenvalue weighted by Gasteiger charge is 2.13. The Balaban J connectivity index is 1.48. The third-order valence-corrected chi connectivity index (χ3v) is 4.86. The van der Waals surface area contributed by atoms with E-state index < -0.39 is 11.8 Å². The zero-order valence-corrected chi connectivity index (χ0v) is 20.1. The Morgan fingerprint density at radius 1 is 0.722 bits per heavy atom. The number of hydrogen-bond donors (Lipinski definition) is 3. The van der Waals surface area contributed by atoms with Crippen molar-refractivity contribution in [2.24, 2.45) is 0 Å². The number of carbonyl (C=O) groups excluding carboxylic acids is 3. The first kappa shape index (κ1) is 25.9. The van der Waals surface area contributed by atoms with Gasteiger partial charge < -0.3 is 24.3 Å². The predicted octanol–water partition coefficient (Wildman–Crippen LogP) is 3.19. The summed E-state index contributed by atoms with van der Waals surface area (Å²) in [6.07, 6.45) is 0. The zero-order valence-electron chi connectivity index (χ0n) is 20.1. The first-order chi connectivity index (χ1) is 17.4. The molecule has 10 heteroatoms. The Hall–Kier alpha value is -4.73. The lowest BCUT2D eigenvalue weighted by Gasteiger charge is -2.12. The molecule has 36 heavy (non-hydrogen) atoms. The van der Waals surface area contributed by atoms with E-state index in [2.05, 4.69) is 16.2 Å². The van der Waals surface area contributed by atoms with Gasteiger partial charge in [-0.05, 0) is 61.5 Å². The van der Waals surface area contributed by atoms with Gasteiger partial charge in [-0.3, -0.25) is 25.2 Å². The van der Waals surface area contributed by atoms with E-state index in [0.717, 1.165) is 0 Å². The fourth-order valence-corrected chi connectivity index (χ4v) is 3.09. The highest BCUT2D eigenvalue weighted by molar-refractivity contribution is 5.99. The van der Waals surface area contributed by atoms with E-state index >= 15 is 0 Å². The van der Waals surface area contributed by atoms with E-state index in [0.29, 0.717) is 35.3 Å². The van der Waals surface area contributed by atoms with Gasteiger partial charge in [0.25, 0.3) is 17.7 Å². The number of ether oxygens (including phenoxy) is 4. The van der Waals surface area contributed by atoms with Crippen molar-refractivity contribution >= 4 is 23.4 Å². The molecule has 3 aromatic rings. The molecule has 0 radical (unpaired) electrons.